The van der Waals surface area contributed by atoms with Crippen molar-refractivity contribution in [3.05, 3.63) is 41.2 Å². The highest BCUT2D eigenvalue weighted by molar-refractivity contribution is 7.84. The van der Waals surface area contributed by atoms with Gasteiger partial charge < -0.3 is 4.74 Å². The van der Waals surface area contributed by atoms with Gasteiger partial charge in [-0.05, 0) is 51.5 Å². The van der Waals surface area contributed by atoms with Crippen LogP contribution < -0.4 is 4.72 Å². The standard InChI is InChI=1S/C22H30F2N2O3S/c1-6-29-20(27)12-16(17-13-22(23,24)14-17)11-19(26-30(28)21(2,3)4)15-7-9-18(25-5)10-8-15/h7-10,16-17,19,26H,6,11-14H2,1-4H3/t16-,19?,30?/m0/s1. The number of esters is 1. The topological polar surface area (TPSA) is 59.8 Å². The second kappa shape index (κ2) is 9.97. The molecule has 166 valence electrons. The fourth-order valence-corrected chi connectivity index (χ4v) is 4.40. The number of carbonyl (C=O) groups is 1. The van der Waals surface area contributed by atoms with Gasteiger partial charge in [-0.3, -0.25) is 4.79 Å². The minimum atomic E-state index is -2.69. The monoisotopic (exact) mass is 440 g/mol. The zero-order chi connectivity index (χ0) is 22.5. The number of carbonyl (C=O) groups excluding carboxylic acids is 1. The van der Waals surface area contributed by atoms with Gasteiger partial charge in [0, 0.05) is 25.3 Å². The van der Waals surface area contributed by atoms with E-state index in [-0.39, 0.29) is 37.7 Å². The lowest BCUT2D eigenvalue weighted by atomic mass is 9.69. The maximum absolute atomic E-state index is 13.5. The first kappa shape index (κ1) is 24.4. The number of rotatable bonds is 9. The van der Waals surface area contributed by atoms with Gasteiger partial charge in [-0.25, -0.2) is 22.6 Å². The predicted molar refractivity (Wildman–Crippen MR) is 114 cm³/mol. The van der Waals surface area contributed by atoms with E-state index in [1.165, 1.54) is 0 Å². The van der Waals surface area contributed by atoms with Crippen LogP contribution in [0.1, 0.15) is 65.0 Å². The molecular formula is C22H30F2N2O3S. The Bertz CT molecular complexity index is 792. The molecule has 2 unspecified atom stereocenters. The summed E-state index contributed by atoms with van der Waals surface area (Å²) in [5.74, 6) is -3.71. The van der Waals surface area contributed by atoms with Crippen LogP contribution in [0.25, 0.3) is 4.85 Å². The third-order valence-electron chi connectivity index (χ3n) is 5.29. The van der Waals surface area contributed by atoms with Crippen molar-refractivity contribution < 1.29 is 22.5 Å². The van der Waals surface area contributed by atoms with Crippen molar-refractivity contribution >= 4 is 22.6 Å². The number of benzene rings is 1. The molecule has 8 heteroatoms. The van der Waals surface area contributed by atoms with Gasteiger partial charge in [-0.1, -0.05) is 24.3 Å². The van der Waals surface area contributed by atoms with Crippen molar-refractivity contribution in [1.82, 2.24) is 4.72 Å². The van der Waals surface area contributed by atoms with Crippen LogP contribution in [-0.4, -0.2) is 27.5 Å². The molecule has 1 aromatic carbocycles. The van der Waals surface area contributed by atoms with Crippen molar-refractivity contribution in [3.8, 4) is 0 Å². The van der Waals surface area contributed by atoms with Crippen LogP contribution in [0.2, 0.25) is 0 Å². The van der Waals surface area contributed by atoms with Gasteiger partial charge in [0.2, 0.25) is 5.92 Å². The number of hydrogen-bond acceptors (Lipinski definition) is 3. The van der Waals surface area contributed by atoms with Crippen LogP contribution in [0.5, 0.6) is 0 Å². The SMILES string of the molecule is [C-]#[N+]c1ccc(C(C[C@@H](CC(=O)OCC)C2CC(F)(F)C2)NS(=O)C(C)(C)C)cc1. The summed E-state index contributed by atoms with van der Waals surface area (Å²) in [6, 6.07) is 6.51. The van der Waals surface area contributed by atoms with E-state index in [1.54, 1.807) is 31.2 Å². The molecule has 1 saturated carbocycles. The van der Waals surface area contributed by atoms with Crippen LogP contribution in [-0.2, 0) is 20.5 Å². The molecule has 0 spiro atoms. The second-order valence-corrected chi connectivity index (χ2v) is 10.8. The summed E-state index contributed by atoms with van der Waals surface area (Å²) in [5, 5.41) is 0. The van der Waals surface area contributed by atoms with E-state index < -0.39 is 33.7 Å². The van der Waals surface area contributed by atoms with Crippen LogP contribution in [0, 0.1) is 18.4 Å². The van der Waals surface area contributed by atoms with Crippen molar-refractivity contribution in [2.45, 2.75) is 70.1 Å². The molecule has 1 aromatic rings. The van der Waals surface area contributed by atoms with E-state index in [0.717, 1.165) is 5.56 Å². The average Bonchev–Trinajstić information content (AvgIpc) is 2.64. The molecule has 1 fully saturated rings. The fraction of sp³-hybridized carbons (Fsp3) is 0.636. The Labute approximate surface area is 180 Å². The van der Waals surface area contributed by atoms with Gasteiger partial charge in [-0.15, -0.1) is 0 Å². The Morgan fingerprint density at radius 1 is 1.33 bits per heavy atom. The number of ether oxygens (including phenoxy) is 1. The van der Waals surface area contributed by atoms with E-state index in [2.05, 4.69) is 9.57 Å². The molecule has 1 aliphatic rings. The van der Waals surface area contributed by atoms with E-state index in [0.29, 0.717) is 12.1 Å². The lowest BCUT2D eigenvalue weighted by Gasteiger charge is -2.41. The number of alkyl halides is 2. The molecule has 0 radical (unpaired) electrons. The van der Waals surface area contributed by atoms with E-state index in [4.69, 9.17) is 11.3 Å². The second-order valence-electron chi connectivity index (χ2n) is 8.78. The molecule has 0 aliphatic heterocycles. The van der Waals surface area contributed by atoms with Gasteiger partial charge in [0.05, 0.1) is 28.9 Å². The summed E-state index contributed by atoms with van der Waals surface area (Å²) < 4.78 is 47.5. The molecule has 1 aliphatic carbocycles. The fourth-order valence-electron chi connectivity index (χ4n) is 3.56. The Kier molecular flexibility index (Phi) is 8.12. The van der Waals surface area contributed by atoms with Crippen LogP contribution >= 0.6 is 0 Å². The summed E-state index contributed by atoms with van der Waals surface area (Å²) in [7, 11) is -1.39. The van der Waals surface area contributed by atoms with Crippen molar-refractivity contribution in [2.75, 3.05) is 6.61 Å². The lowest BCUT2D eigenvalue weighted by Crippen LogP contribution is -2.42. The zero-order valence-corrected chi connectivity index (χ0v) is 18.7. The van der Waals surface area contributed by atoms with E-state index in [9.17, 15) is 17.8 Å². The average molecular weight is 441 g/mol. The maximum Gasteiger partial charge on any atom is 0.306 e. The van der Waals surface area contributed by atoms with Crippen LogP contribution in [0.15, 0.2) is 24.3 Å². The molecule has 0 saturated heterocycles. The first-order valence-corrected chi connectivity index (χ1v) is 11.3. The largest absolute Gasteiger partial charge is 0.466 e. The third-order valence-corrected chi connectivity index (χ3v) is 6.90. The van der Waals surface area contributed by atoms with Gasteiger partial charge in [0.1, 0.15) is 0 Å². The minimum absolute atomic E-state index is 0.0507. The molecule has 5 nitrogen and oxygen atoms in total. The molecule has 3 atom stereocenters. The molecule has 0 amide bonds. The van der Waals surface area contributed by atoms with Crippen molar-refractivity contribution in [3.63, 3.8) is 0 Å². The van der Waals surface area contributed by atoms with Gasteiger partial charge in [-0.2, -0.15) is 0 Å². The first-order chi connectivity index (χ1) is 13.9. The summed E-state index contributed by atoms with van der Waals surface area (Å²) in [6.07, 6.45) is -0.0700. The number of halogens is 2. The van der Waals surface area contributed by atoms with E-state index >= 15 is 0 Å². The molecule has 0 heterocycles. The highest BCUT2D eigenvalue weighted by Gasteiger charge is 2.49. The highest BCUT2D eigenvalue weighted by Crippen LogP contribution is 2.49. The van der Waals surface area contributed by atoms with Crippen molar-refractivity contribution in [2.24, 2.45) is 11.8 Å². The molecule has 0 bridgehead atoms. The van der Waals surface area contributed by atoms with Gasteiger partial charge in [0.25, 0.3) is 0 Å². The van der Waals surface area contributed by atoms with E-state index in [1.807, 2.05) is 20.8 Å². The number of nitrogens with one attached hydrogen (secondary N) is 1. The summed E-state index contributed by atoms with van der Waals surface area (Å²) in [5.41, 5.74) is 1.29. The molecule has 0 aromatic heterocycles. The normalized spacial score (nSPS) is 19.2. The molecule has 1 N–H and O–H groups in total. The number of nitrogens with zero attached hydrogens (tertiary/aromatic N) is 1. The zero-order valence-electron chi connectivity index (χ0n) is 17.9. The minimum Gasteiger partial charge on any atom is -0.466 e. The summed E-state index contributed by atoms with van der Waals surface area (Å²) in [6.45, 7) is 14.6. The van der Waals surface area contributed by atoms with Gasteiger partial charge in [0.15, 0.2) is 5.69 Å². The Hall–Kier alpha value is -1.85. The quantitative estimate of drug-likeness (QED) is 0.417. The predicted octanol–water partition coefficient (Wildman–Crippen LogP) is 5.34. The smallest absolute Gasteiger partial charge is 0.306 e. The number of hydrogen-bond donors (Lipinski definition) is 1. The molecule has 30 heavy (non-hydrogen) atoms. The Morgan fingerprint density at radius 3 is 2.40 bits per heavy atom. The van der Waals surface area contributed by atoms with Gasteiger partial charge >= 0.3 is 5.97 Å². The maximum atomic E-state index is 13.5. The van der Waals surface area contributed by atoms with Crippen LogP contribution in [0.4, 0.5) is 14.5 Å². The molecule has 2 rings (SSSR count). The third kappa shape index (κ3) is 6.85. The highest BCUT2D eigenvalue weighted by atomic mass is 32.2. The molecular weight excluding hydrogens is 410 g/mol. The first-order valence-electron chi connectivity index (χ1n) is 10.1. The Balaban J connectivity index is 2.27. The Morgan fingerprint density at radius 2 is 1.93 bits per heavy atom. The summed E-state index contributed by atoms with van der Waals surface area (Å²) in [4.78, 5) is 15.5. The lowest BCUT2D eigenvalue weighted by molar-refractivity contribution is -0.152. The van der Waals surface area contributed by atoms with Crippen molar-refractivity contribution in [1.29, 1.82) is 0 Å². The van der Waals surface area contributed by atoms with Crippen LogP contribution in [0.3, 0.4) is 0 Å². The summed E-state index contributed by atoms with van der Waals surface area (Å²) >= 11 is 0.